The van der Waals surface area contributed by atoms with Gasteiger partial charge in [0.15, 0.2) is 5.01 Å². The van der Waals surface area contributed by atoms with Crippen LogP contribution in [0.3, 0.4) is 0 Å². The highest BCUT2D eigenvalue weighted by Crippen LogP contribution is 2.42. The Hall–Kier alpha value is -3.67. The number of nitrogens with zero attached hydrogens (tertiary/aromatic N) is 5. The highest BCUT2D eigenvalue weighted by molar-refractivity contribution is 7.20. The first-order valence-electron chi connectivity index (χ1n) is 9.84. The lowest BCUT2D eigenvalue weighted by Crippen LogP contribution is -2.29. The summed E-state index contributed by atoms with van der Waals surface area (Å²) in [7, 11) is 0. The molecule has 1 amide bonds. The number of hydrogen-bond donors (Lipinski definition) is 0. The molecule has 1 saturated heterocycles. The molecule has 1 aliphatic heterocycles. The van der Waals surface area contributed by atoms with E-state index >= 15 is 0 Å². The Bertz CT molecular complexity index is 1340. The van der Waals surface area contributed by atoms with Gasteiger partial charge >= 0.3 is 6.18 Å². The number of allylic oxidation sites excluding steroid dienone is 4. The van der Waals surface area contributed by atoms with Crippen molar-refractivity contribution in [1.29, 1.82) is 0 Å². The van der Waals surface area contributed by atoms with Crippen LogP contribution in [0, 0.1) is 5.92 Å². The molecule has 5 rings (SSSR count). The Balaban J connectivity index is 1.37. The van der Waals surface area contributed by atoms with E-state index in [2.05, 4.69) is 15.3 Å². The molecule has 33 heavy (non-hydrogen) atoms. The third-order valence-corrected chi connectivity index (χ3v) is 6.45. The number of likely N-dealkylation sites (tertiary alicyclic amines) is 1. The molecule has 8 nitrogen and oxygen atoms in total. The van der Waals surface area contributed by atoms with Crippen LogP contribution in [0.5, 0.6) is 0 Å². The second-order valence-corrected chi connectivity index (χ2v) is 8.59. The van der Waals surface area contributed by atoms with Gasteiger partial charge in [-0.3, -0.25) is 14.4 Å². The standard InChI is InChI=1S/C21H14F3N5O3S/c22-21(23,24)13-5-3-4-12-17(13)29(20(32)18(12)31)9-11-8-28(27-26-11)10-15(30)19-25-14-6-1-2-7-16(14)33-19/h1-3,5-8,12H,4,9-10H2. The van der Waals surface area contributed by atoms with E-state index in [1.54, 1.807) is 6.07 Å². The number of amides is 1. The molecule has 0 spiro atoms. The van der Waals surface area contributed by atoms with Crippen LogP contribution in [0.15, 0.2) is 53.9 Å². The molecule has 1 unspecified atom stereocenters. The Morgan fingerprint density at radius 3 is 2.76 bits per heavy atom. The van der Waals surface area contributed by atoms with Crippen LogP contribution in [0.1, 0.15) is 21.9 Å². The third-order valence-electron chi connectivity index (χ3n) is 5.38. The zero-order chi connectivity index (χ0) is 23.3. The number of hydrogen-bond acceptors (Lipinski definition) is 7. The molecule has 1 aliphatic carbocycles. The Labute approximate surface area is 188 Å². The molecule has 12 heteroatoms. The van der Waals surface area contributed by atoms with Gasteiger partial charge in [-0.25, -0.2) is 9.67 Å². The zero-order valence-corrected chi connectivity index (χ0v) is 17.6. The van der Waals surface area contributed by atoms with Crippen LogP contribution < -0.4 is 0 Å². The highest BCUT2D eigenvalue weighted by atomic mass is 32.1. The van der Waals surface area contributed by atoms with Crippen molar-refractivity contribution in [3.05, 3.63) is 64.6 Å². The van der Waals surface area contributed by atoms with E-state index in [1.807, 2.05) is 18.2 Å². The number of para-hydroxylation sites is 1. The molecule has 2 aliphatic rings. The minimum Gasteiger partial charge on any atom is -0.302 e. The summed E-state index contributed by atoms with van der Waals surface area (Å²) in [5.74, 6) is -3.36. The van der Waals surface area contributed by atoms with Crippen LogP contribution in [0.2, 0.25) is 0 Å². The minimum absolute atomic E-state index is 0.0271. The van der Waals surface area contributed by atoms with Crippen molar-refractivity contribution in [3.63, 3.8) is 0 Å². The lowest BCUT2D eigenvalue weighted by Gasteiger charge is -2.24. The Kier molecular flexibility index (Phi) is 4.96. The van der Waals surface area contributed by atoms with Gasteiger partial charge in [-0.1, -0.05) is 29.5 Å². The van der Waals surface area contributed by atoms with E-state index in [4.69, 9.17) is 0 Å². The fourth-order valence-corrected chi connectivity index (χ4v) is 4.81. The molecule has 3 heterocycles. The van der Waals surface area contributed by atoms with E-state index in [0.29, 0.717) is 10.5 Å². The molecule has 0 radical (unpaired) electrons. The first-order valence-corrected chi connectivity index (χ1v) is 10.7. The average Bonchev–Trinajstić information content (AvgIpc) is 3.47. The molecule has 3 aromatic rings. The van der Waals surface area contributed by atoms with Gasteiger partial charge in [0, 0.05) is 5.70 Å². The Morgan fingerprint density at radius 1 is 1.21 bits per heavy atom. The number of thiazole rings is 1. The number of carbonyl (C=O) groups excluding carboxylic acids is 3. The Morgan fingerprint density at radius 2 is 2.00 bits per heavy atom. The largest absolute Gasteiger partial charge is 0.418 e. The summed E-state index contributed by atoms with van der Waals surface area (Å²) >= 11 is 1.24. The molecule has 168 valence electrons. The number of rotatable bonds is 5. The highest BCUT2D eigenvalue weighted by Gasteiger charge is 2.50. The second kappa shape index (κ2) is 7.73. The van der Waals surface area contributed by atoms with Crippen molar-refractivity contribution >= 4 is 39.0 Å². The number of benzene rings is 1. The molecular weight excluding hydrogens is 459 g/mol. The summed E-state index contributed by atoms with van der Waals surface area (Å²) in [4.78, 5) is 42.4. The van der Waals surface area contributed by atoms with Crippen molar-refractivity contribution in [3.8, 4) is 0 Å². The summed E-state index contributed by atoms with van der Waals surface area (Å²) < 4.78 is 42.6. The zero-order valence-electron chi connectivity index (χ0n) is 16.7. The number of aromatic nitrogens is 4. The maximum absolute atomic E-state index is 13.5. The van der Waals surface area contributed by atoms with Crippen molar-refractivity contribution < 1.29 is 27.6 Å². The molecule has 0 bridgehead atoms. The van der Waals surface area contributed by atoms with Gasteiger partial charge in [-0.15, -0.1) is 16.4 Å². The smallest absolute Gasteiger partial charge is 0.302 e. The van der Waals surface area contributed by atoms with Gasteiger partial charge in [-0.2, -0.15) is 13.2 Å². The van der Waals surface area contributed by atoms with Gasteiger partial charge in [0.25, 0.3) is 5.91 Å². The maximum atomic E-state index is 13.5. The fraction of sp³-hybridized carbons (Fsp3) is 0.238. The number of carbonyl (C=O) groups is 3. The van der Waals surface area contributed by atoms with E-state index < -0.39 is 29.4 Å². The number of fused-ring (bicyclic) bond motifs is 2. The molecule has 1 atom stereocenters. The van der Waals surface area contributed by atoms with Crippen LogP contribution in [0.25, 0.3) is 10.2 Å². The summed E-state index contributed by atoms with van der Waals surface area (Å²) in [5.41, 5.74) is -0.527. The molecule has 0 saturated carbocycles. The van der Waals surface area contributed by atoms with Gasteiger partial charge in [0.05, 0.1) is 34.4 Å². The molecule has 1 fully saturated rings. The molecular formula is C21H14F3N5O3S. The van der Waals surface area contributed by atoms with Crippen molar-refractivity contribution in [2.75, 3.05) is 0 Å². The lowest BCUT2D eigenvalue weighted by molar-refractivity contribution is -0.140. The van der Waals surface area contributed by atoms with E-state index in [-0.39, 0.29) is 36.7 Å². The lowest BCUT2D eigenvalue weighted by atomic mass is 9.91. The predicted octanol–water partition coefficient (Wildman–Crippen LogP) is 3.07. The van der Waals surface area contributed by atoms with Crippen molar-refractivity contribution in [2.24, 2.45) is 5.92 Å². The first kappa shape index (κ1) is 21.2. The third kappa shape index (κ3) is 3.75. The van der Waals surface area contributed by atoms with E-state index in [0.717, 1.165) is 15.7 Å². The van der Waals surface area contributed by atoms with E-state index in [1.165, 1.54) is 28.3 Å². The maximum Gasteiger partial charge on any atom is 0.418 e. The van der Waals surface area contributed by atoms with Crippen LogP contribution in [-0.2, 0) is 22.7 Å². The monoisotopic (exact) mass is 473 g/mol. The normalized spacial score (nSPS) is 18.5. The number of halogens is 3. The fourth-order valence-electron chi connectivity index (χ4n) is 3.92. The van der Waals surface area contributed by atoms with Crippen molar-refractivity contribution in [1.82, 2.24) is 24.9 Å². The summed E-state index contributed by atoms with van der Waals surface area (Å²) in [6.45, 7) is -0.541. The van der Waals surface area contributed by atoms with Crippen LogP contribution in [-0.4, -0.2) is 48.5 Å². The van der Waals surface area contributed by atoms with Gasteiger partial charge in [0.2, 0.25) is 11.6 Å². The quantitative estimate of drug-likeness (QED) is 0.417. The molecule has 2 aromatic heterocycles. The summed E-state index contributed by atoms with van der Waals surface area (Å²) in [6.07, 6.45) is -1.19. The molecule has 0 N–H and O–H groups in total. The van der Waals surface area contributed by atoms with Gasteiger partial charge < -0.3 is 4.90 Å². The SMILES string of the molecule is O=C(Cn1cc(CN2C(=O)C(=O)C3CC=CC(C(F)(F)F)=C32)nn1)c1nc2ccccc2s1. The van der Waals surface area contributed by atoms with Crippen LogP contribution >= 0.6 is 11.3 Å². The number of alkyl halides is 3. The number of ketones is 2. The van der Waals surface area contributed by atoms with Crippen LogP contribution in [0.4, 0.5) is 13.2 Å². The van der Waals surface area contributed by atoms with Crippen molar-refractivity contribution in [2.45, 2.75) is 25.7 Å². The van der Waals surface area contributed by atoms with Gasteiger partial charge in [0.1, 0.15) is 12.2 Å². The number of Topliss-reactive ketones (excluding diaryl/α,β-unsaturated/α-hetero) is 2. The second-order valence-electron chi connectivity index (χ2n) is 7.56. The predicted molar refractivity (Wildman–Crippen MR) is 110 cm³/mol. The summed E-state index contributed by atoms with van der Waals surface area (Å²) in [6, 6.07) is 7.30. The topological polar surface area (TPSA) is 98.1 Å². The van der Waals surface area contributed by atoms with Gasteiger partial charge in [-0.05, 0) is 18.6 Å². The first-order chi connectivity index (χ1) is 15.7. The minimum atomic E-state index is -4.71. The summed E-state index contributed by atoms with van der Waals surface area (Å²) in [5, 5.41) is 8.01. The van der Waals surface area contributed by atoms with E-state index in [9.17, 15) is 27.6 Å². The molecule has 1 aromatic carbocycles. The average molecular weight is 473 g/mol.